The highest BCUT2D eigenvalue weighted by Gasteiger charge is 2.53. The minimum atomic E-state index is -0.818. The maximum absolute atomic E-state index is 12.7. The molecule has 0 aliphatic heterocycles. The summed E-state index contributed by atoms with van der Waals surface area (Å²) in [5.74, 6) is -1.57. The summed E-state index contributed by atoms with van der Waals surface area (Å²) in [6.07, 6.45) is 6.44. The van der Waals surface area contributed by atoms with E-state index in [9.17, 15) is 14.4 Å². The number of esters is 2. The van der Waals surface area contributed by atoms with Gasteiger partial charge in [-0.15, -0.1) is 0 Å². The van der Waals surface area contributed by atoms with Gasteiger partial charge < -0.3 is 9.47 Å². The molecule has 130 valence electrons. The second-order valence-electron chi connectivity index (χ2n) is 6.52. The lowest BCUT2D eigenvalue weighted by atomic mass is 9.63. The molecule has 5 heteroatoms. The van der Waals surface area contributed by atoms with E-state index in [4.69, 9.17) is 9.47 Å². The number of allylic oxidation sites excluding steroid dienone is 7. The number of methoxy groups -OCH3 is 2. The molecule has 25 heavy (non-hydrogen) atoms. The van der Waals surface area contributed by atoms with Crippen molar-refractivity contribution >= 4 is 18.2 Å². The number of carbonyl (C=O) groups excluding carboxylic acids is 3. The monoisotopic (exact) mass is 340 g/mol. The summed E-state index contributed by atoms with van der Waals surface area (Å²) in [5, 5.41) is 0. The fraction of sp³-hybridized carbons (Fsp3) is 0.350. The zero-order valence-corrected chi connectivity index (χ0v) is 14.9. The molecule has 0 unspecified atom stereocenters. The van der Waals surface area contributed by atoms with E-state index in [1.165, 1.54) is 14.2 Å². The molecule has 5 nitrogen and oxygen atoms in total. The van der Waals surface area contributed by atoms with Crippen LogP contribution >= 0.6 is 0 Å². The van der Waals surface area contributed by atoms with Crippen LogP contribution in [0.4, 0.5) is 0 Å². The molecule has 0 aromatic heterocycles. The van der Waals surface area contributed by atoms with Crippen molar-refractivity contribution in [1.82, 2.24) is 0 Å². The molecule has 0 aromatic rings. The van der Waals surface area contributed by atoms with E-state index in [1.807, 2.05) is 32.9 Å². The minimum Gasteiger partial charge on any atom is -0.466 e. The molecule has 0 aromatic carbocycles. The predicted molar refractivity (Wildman–Crippen MR) is 91.3 cm³/mol. The summed E-state index contributed by atoms with van der Waals surface area (Å²) >= 11 is 0. The van der Waals surface area contributed by atoms with E-state index >= 15 is 0 Å². The molecular weight excluding hydrogens is 320 g/mol. The van der Waals surface area contributed by atoms with Gasteiger partial charge in [-0.25, -0.2) is 9.59 Å². The van der Waals surface area contributed by atoms with Gasteiger partial charge in [0.25, 0.3) is 0 Å². The molecule has 0 radical (unpaired) electrons. The maximum atomic E-state index is 12.7. The smallest absolute Gasteiger partial charge is 0.338 e. The van der Waals surface area contributed by atoms with Gasteiger partial charge >= 0.3 is 11.9 Å². The molecule has 0 atom stereocenters. The van der Waals surface area contributed by atoms with E-state index in [2.05, 4.69) is 0 Å². The van der Waals surface area contributed by atoms with Crippen molar-refractivity contribution < 1.29 is 23.9 Å². The lowest BCUT2D eigenvalue weighted by Crippen LogP contribution is -2.31. The van der Waals surface area contributed by atoms with E-state index in [0.717, 1.165) is 23.0 Å². The Morgan fingerprint density at radius 1 is 1.04 bits per heavy atom. The van der Waals surface area contributed by atoms with Gasteiger partial charge in [-0.1, -0.05) is 29.4 Å². The highest BCUT2D eigenvalue weighted by Crippen LogP contribution is 2.60. The molecule has 0 heterocycles. The van der Waals surface area contributed by atoms with Gasteiger partial charge in [0, 0.05) is 11.5 Å². The number of hydrogen-bond acceptors (Lipinski definition) is 5. The van der Waals surface area contributed by atoms with Crippen molar-refractivity contribution in [3.8, 4) is 0 Å². The second-order valence-corrected chi connectivity index (χ2v) is 6.52. The molecule has 4 aliphatic rings. The van der Waals surface area contributed by atoms with Gasteiger partial charge in [-0.3, -0.25) is 4.79 Å². The van der Waals surface area contributed by atoms with E-state index in [0.29, 0.717) is 11.1 Å². The molecule has 1 spiro atoms. The molecule has 0 fully saturated rings. The first kappa shape index (κ1) is 17.1. The molecule has 0 amide bonds. The number of rotatable bonds is 3. The van der Waals surface area contributed by atoms with Crippen LogP contribution in [0.15, 0.2) is 57.2 Å². The van der Waals surface area contributed by atoms with Gasteiger partial charge in [0.2, 0.25) is 0 Å². The Hall–Kier alpha value is -2.69. The third kappa shape index (κ3) is 1.98. The van der Waals surface area contributed by atoms with Crippen molar-refractivity contribution in [2.75, 3.05) is 14.2 Å². The summed E-state index contributed by atoms with van der Waals surface area (Å²) in [7, 11) is 2.57. The molecule has 2 bridgehead atoms. The topological polar surface area (TPSA) is 69.7 Å². The van der Waals surface area contributed by atoms with Crippen molar-refractivity contribution in [2.24, 2.45) is 11.3 Å². The van der Waals surface area contributed by atoms with Crippen LogP contribution in [-0.2, 0) is 23.9 Å². The normalized spacial score (nSPS) is 27.2. The Balaban J connectivity index is 2.47. The standard InChI is InChI=1S/C20H20O5/c1-10-6-14(9-21)20-11(2)7-13(8-12(20)3)15(18(22)24-4)16(17(10)20)19(23)25-5/h6-9,13H,1-5H3. The average Bonchev–Trinajstić information content (AvgIpc) is 2.76. The van der Waals surface area contributed by atoms with Crippen LogP contribution in [0.2, 0.25) is 0 Å². The van der Waals surface area contributed by atoms with Crippen LogP contribution in [0, 0.1) is 11.3 Å². The zero-order valence-electron chi connectivity index (χ0n) is 14.9. The van der Waals surface area contributed by atoms with E-state index in [-0.39, 0.29) is 11.1 Å². The van der Waals surface area contributed by atoms with Crippen molar-refractivity contribution in [3.63, 3.8) is 0 Å². The highest BCUT2D eigenvalue weighted by molar-refractivity contribution is 6.07. The van der Waals surface area contributed by atoms with Gasteiger partial charge in [0.05, 0.1) is 30.8 Å². The minimum absolute atomic E-state index is 0.200. The Labute approximate surface area is 146 Å². The Morgan fingerprint density at radius 2 is 1.60 bits per heavy atom. The van der Waals surface area contributed by atoms with Gasteiger partial charge in [-0.2, -0.15) is 0 Å². The third-order valence-corrected chi connectivity index (χ3v) is 5.39. The van der Waals surface area contributed by atoms with Crippen molar-refractivity contribution in [2.45, 2.75) is 20.8 Å². The third-order valence-electron chi connectivity index (χ3n) is 5.39. The molecule has 0 N–H and O–H groups in total. The van der Waals surface area contributed by atoms with E-state index in [1.54, 1.807) is 6.08 Å². The Bertz CT molecular complexity index is 841. The first-order chi connectivity index (χ1) is 11.8. The fourth-order valence-corrected chi connectivity index (χ4v) is 4.49. The van der Waals surface area contributed by atoms with Crippen molar-refractivity contribution in [1.29, 1.82) is 0 Å². The van der Waals surface area contributed by atoms with E-state index < -0.39 is 23.3 Å². The Kier molecular flexibility index (Phi) is 3.90. The lowest BCUT2D eigenvalue weighted by molar-refractivity contribution is -0.139. The van der Waals surface area contributed by atoms with Crippen LogP contribution in [0.1, 0.15) is 20.8 Å². The first-order valence-electron chi connectivity index (χ1n) is 8.02. The van der Waals surface area contributed by atoms with Crippen LogP contribution in [0.3, 0.4) is 0 Å². The average molecular weight is 340 g/mol. The summed E-state index contributed by atoms with van der Waals surface area (Å²) in [6.45, 7) is 5.69. The zero-order chi connectivity index (χ0) is 18.5. The van der Waals surface area contributed by atoms with Crippen molar-refractivity contribution in [3.05, 3.63) is 57.2 Å². The lowest BCUT2D eigenvalue weighted by Gasteiger charge is -2.38. The van der Waals surface area contributed by atoms with Crippen LogP contribution in [0.25, 0.3) is 0 Å². The molecule has 4 rings (SSSR count). The molecular formula is C20H20O5. The van der Waals surface area contributed by atoms with Crippen LogP contribution in [-0.4, -0.2) is 32.4 Å². The Morgan fingerprint density at radius 3 is 2.08 bits per heavy atom. The van der Waals surface area contributed by atoms with Gasteiger partial charge in [0.1, 0.15) is 6.29 Å². The number of hydrogen-bond donors (Lipinski definition) is 0. The molecule has 0 saturated carbocycles. The summed E-state index contributed by atoms with van der Waals surface area (Å²) < 4.78 is 9.94. The fourth-order valence-electron chi connectivity index (χ4n) is 4.49. The van der Waals surface area contributed by atoms with Crippen LogP contribution < -0.4 is 0 Å². The number of aldehydes is 1. The summed E-state index contributed by atoms with van der Waals surface area (Å²) in [5.41, 5.74) is 3.45. The summed E-state index contributed by atoms with van der Waals surface area (Å²) in [4.78, 5) is 37.1. The van der Waals surface area contributed by atoms with Gasteiger partial charge in [-0.05, 0) is 31.9 Å². The quantitative estimate of drug-likeness (QED) is 0.449. The largest absolute Gasteiger partial charge is 0.466 e. The predicted octanol–water partition coefficient (Wildman–Crippen LogP) is 2.61. The highest BCUT2D eigenvalue weighted by atomic mass is 16.5. The number of carbonyl (C=O) groups is 3. The molecule has 0 saturated heterocycles. The summed E-state index contributed by atoms with van der Waals surface area (Å²) in [6, 6.07) is 0. The SMILES string of the molecule is COC(=O)C1=C(C(=O)OC)C2C=C(C)C3(C(C)=C2)C(C=O)=CC(C)=C13. The van der Waals surface area contributed by atoms with Crippen LogP contribution in [0.5, 0.6) is 0 Å². The first-order valence-corrected chi connectivity index (χ1v) is 8.02. The maximum Gasteiger partial charge on any atom is 0.338 e. The van der Waals surface area contributed by atoms with Gasteiger partial charge in [0.15, 0.2) is 0 Å². The number of ether oxygens (including phenoxy) is 2. The molecule has 4 aliphatic carbocycles. The second kappa shape index (κ2) is 5.69.